The van der Waals surface area contributed by atoms with Crippen LogP contribution in [-0.2, 0) is 16.6 Å². The van der Waals surface area contributed by atoms with Gasteiger partial charge in [-0.15, -0.1) is 10.2 Å². The molecule has 0 radical (unpaired) electrons. The Kier molecular flexibility index (Phi) is 2.44. The van der Waals surface area contributed by atoms with Crippen LogP contribution in [0.25, 0.3) is 4.96 Å². The molecule has 82 valence electrons. The predicted molar refractivity (Wildman–Crippen MR) is 55.1 cm³/mol. The van der Waals surface area contributed by atoms with Crippen molar-refractivity contribution in [2.24, 2.45) is 0 Å². The molecule has 2 heterocycles. The highest BCUT2D eigenvalue weighted by Crippen LogP contribution is 2.13. The molecule has 2 aromatic heterocycles. The van der Waals surface area contributed by atoms with Gasteiger partial charge in [0.2, 0.25) is 15.0 Å². The van der Waals surface area contributed by atoms with Gasteiger partial charge in [0, 0.05) is 0 Å². The van der Waals surface area contributed by atoms with Crippen molar-refractivity contribution >= 4 is 26.3 Å². The molecular formula is C6H9N5O2S2. The SMILES string of the molecule is Cc1nnc2sc(CNS(C)(=O)=O)nn12. The van der Waals surface area contributed by atoms with Gasteiger partial charge >= 0.3 is 0 Å². The number of sulfonamides is 1. The molecule has 0 atom stereocenters. The van der Waals surface area contributed by atoms with Crippen LogP contribution in [0.3, 0.4) is 0 Å². The van der Waals surface area contributed by atoms with Crippen molar-refractivity contribution in [3.63, 3.8) is 0 Å². The van der Waals surface area contributed by atoms with Gasteiger partial charge in [0.05, 0.1) is 12.8 Å². The fraction of sp³-hybridized carbons (Fsp3) is 0.500. The van der Waals surface area contributed by atoms with E-state index in [0.717, 1.165) is 6.26 Å². The first-order valence-electron chi connectivity index (χ1n) is 4.08. The Balaban J connectivity index is 2.23. The smallest absolute Gasteiger partial charge is 0.213 e. The fourth-order valence-electron chi connectivity index (χ4n) is 1.02. The second-order valence-corrected chi connectivity index (χ2v) is 5.90. The molecule has 0 aliphatic rings. The second kappa shape index (κ2) is 3.51. The zero-order chi connectivity index (χ0) is 11.1. The van der Waals surface area contributed by atoms with E-state index in [-0.39, 0.29) is 6.54 Å². The summed E-state index contributed by atoms with van der Waals surface area (Å²) in [4.78, 5) is 0.665. The lowest BCUT2D eigenvalue weighted by Crippen LogP contribution is -2.21. The van der Waals surface area contributed by atoms with Gasteiger partial charge in [0.15, 0.2) is 5.82 Å². The Morgan fingerprint density at radius 1 is 1.47 bits per heavy atom. The van der Waals surface area contributed by atoms with E-state index < -0.39 is 10.0 Å². The minimum absolute atomic E-state index is 0.187. The summed E-state index contributed by atoms with van der Waals surface area (Å²) < 4.78 is 25.7. The van der Waals surface area contributed by atoms with Crippen molar-refractivity contribution in [1.82, 2.24) is 24.5 Å². The lowest BCUT2D eigenvalue weighted by molar-refractivity contribution is 0.587. The summed E-state index contributed by atoms with van der Waals surface area (Å²) in [6.45, 7) is 1.97. The van der Waals surface area contributed by atoms with Crippen LogP contribution < -0.4 is 4.72 Å². The van der Waals surface area contributed by atoms with Gasteiger partial charge in [0.1, 0.15) is 5.01 Å². The van der Waals surface area contributed by atoms with E-state index in [2.05, 4.69) is 20.0 Å². The van der Waals surface area contributed by atoms with Gasteiger partial charge in [-0.25, -0.2) is 13.1 Å². The van der Waals surface area contributed by atoms with E-state index >= 15 is 0 Å². The van der Waals surface area contributed by atoms with Crippen LogP contribution in [0, 0.1) is 6.92 Å². The normalized spacial score (nSPS) is 12.4. The number of hydrogen-bond donors (Lipinski definition) is 1. The Morgan fingerprint density at radius 2 is 2.20 bits per heavy atom. The van der Waals surface area contributed by atoms with Crippen molar-refractivity contribution in [2.75, 3.05) is 6.26 Å². The van der Waals surface area contributed by atoms with Crippen molar-refractivity contribution in [3.8, 4) is 0 Å². The standard InChI is InChI=1S/C6H9N5O2S2/c1-4-8-9-6-11(4)10-5(14-6)3-7-15(2,12)13/h7H,3H2,1-2H3. The molecule has 9 heteroatoms. The number of nitrogens with one attached hydrogen (secondary N) is 1. The Labute approximate surface area is 90.2 Å². The number of fused-ring (bicyclic) bond motifs is 1. The third kappa shape index (κ3) is 2.30. The molecule has 2 rings (SSSR count). The minimum atomic E-state index is -3.18. The van der Waals surface area contributed by atoms with Crippen molar-refractivity contribution in [1.29, 1.82) is 0 Å². The van der Waals surface area contributed by atoms with Crippen molar-refractivity contribution < 1.29 is 8.42 Å². The van der Waals surface area contributed by atoms with Crippen LogP contribution in [0.2, 0.25) is 0 Å². The van der Waals surface area contributed by atoms with Gasteiger partial charge in [-0.05, 0) is 6.92 Å². The lowest BCUT2D eigenvalue weighted by atomic mass is 10.7. The molecule has 7 nitrogen and oxygen atoms in total. The summed E-state index contributed by atoms with van der Waals surface area (Å²) in [6, 6.07) is 0. The maximum atomic E-state index is 10.9. The molecule has 1 N–H and O–H groups in total. The monoisotopic (exact) mass is 247 g/mol. The Bertz CT molecular complexity index is 584. The Hall–Kier alpha value is -1.06. The van der Waals surface area contributed by atoms with Crippen molar-refractivity contribution in [2.45, 2.75) is 13.5 Å². The Morgan fingerprint density at radius 3 is 2.80 bits per heavy atom. The molecule has 0 aliphatic carbocycles. The zero-order valence-electron chi connectivity index (χ0n) is 8.13. The highest BCUT2D eigenvalue weighted by atomic mass is 32.2. The fourth-order valence-corrected chi connectivity index (χ4v) is 2.33. The largest absolute Gasteiger partial charge is 0.234 e. The third-order valence-corrected chi connectivity index (χ3v) is 3.24. The molecule has 0 unspecified atom stereocenters. The number of aromatic nitrogens is 4. The van der Waals surface area contributed by atoms with E-state index in [0.29, 0.717) is 15.8 Å². The minimum Gasteiger partial charge on any atom is -0.213 e. The zero-order valence-corrected chi connectivity index (χ0v) is 9.76. The number of hydrogen-bond acceptors (Lipinski definition) is 6. The molecule has 0 aromatic carbocycles. The van der Waals surface area contributed by atoms with Gasteiger partial charge < -0.3 is 0 Å². The average Bonchev–Trinajstić information content (AvgIpc) is 2.64. The maximum Gasteiger partial charge on any atom is 0.234 e. The third-order valence-electron chi connectivity index (χ3n) is 1.67. The first-order valence-corrected chi connectivity index (χ1v) is 6.79. The molecule has 0 amide bonds. The van der Waals surface area contributed by atoms with Gasteiger partial charge in [0.25, 0.3) is 0 Å². The van der Waals surface area contributed by atoms with E-state index in [1.54, 1.807) is 11.4 Å². The number of nitrogens with zero attached hydrogens (tertiary/aromatic N) is 4. The van der Waals surface area contributed by atoms with Gasteiger partial charge in [-0.1, -0.05) is 11.3 Å². The van der Waals surface area contributed by atoms with Crippen LogP contribution in [-0.4, -0.2) is 34.5 Å². The lowest BCUT2D eigenvalue weighted by Gasteiger charge is -1.96. The molecule has 0 fully saturated rings. The quantitative estimate of drug-likeness (QED) is 0.793. The molecular weight excluding hydrogens is 238 g/mol. The summed E-state index contributed by atoms with van der Waals surface area (Å²) in [7, 11) is -3.18. The second-order valence-electron chi connectivity index (χ2n) is 3.03. The van der Waals surface area contributed by atoms with E-state index in [1.807, 2.05) is 0 Å². The first-order chi connectivity index (χ1) is 6.96. The molecule has 0 aliphatic heterocycles. The van der Waals surface area contributed by atoms with E-state index in [4.69, 9.17) is 0 Å². The summed E-state index contributed by atoms with van der Waals surface area (Å²) in [6.07, 6.45) is 1.11. The molecule has 15 heavy (non-hydrogen) atoms. The van der Waals surface area contributed by atoms with Crippen molar-refractivity contribution in [3.05, 3.63) is 10.8 Å². The topological polar surface area (TPSA) is 89.2 Å². The van der Waals surface area contributed by atoms with Crippen LogP contribution in [0.15, 0.2) is 0 Å². The first kappa shape index (κ1) is 10.5. The molecule has 0 saturated heterocycles. The molecule has 0 spiro atoms. The number of rotatable bonds is 3. The summed E-state index contributed by atoms with van der Waals surface area (Å²) in [5, 5.41) is 12.5. The summed E-state index contributed by atoms with van der Waals surface area (Å²) >= 11 is 1.31. The van der Waals surface area contributed by atoms with Crippen LogP contribution in [0.5, 0.6) is 0 Å². The average molecular weight is 247 g/mol. The summed E-state index contributed by atoms with van der Waals surface area (Å²) in [5.74, 6) is 0.687. The maximum absolute atomic E-state index is 10.9. The summed E-state index contributed by atoms with van der Waals surface area (Å²) in [5.41, 5.74) is 0. The van der Waals surface area contributed by atoms with E-state index in [9.17, 15) is 8.42 Å². The molecule has 2 aromatic rings. The highest BCUT2D eigenvalue weighted by Gasteiger charge is 2.09. The predicted octanol–water partition coefficient (Wildman–Crippen LogP) is -0.457. The highest BCUT2D eigenvalue weighted by molar-refractivity contribution is 7.88. The molecule has 0 bridgehead atoms. The van der Waals surface area contributed by atoms with E-state index in [1.165, 1.54) is 11.3 Å². The van der Waals surface area contributed by atoms with Gasteiger partial charge in [-0.3, -0.25) is 0 Å². The van der Waals surface area contributed by atoms with Crippen LogP contribution in [0.1, 0.15) is 10.8 Å². The van der Waals surface area contributed by atoms with Crippen LogP contribution in [0.4, 0.5) is 0 Å². The van der Waals surface area contributed by atoms with Gasteiger partial charge in [-0.2, -0.15) is 9.61 Å². The number of aryl methyl sites for hydroxylation is 1. The molecule has 0 saturated carbocycles. The van der Waals surface area contributed by atoms with Crippen LogP contribution >= 0.6 is 11.3 Å².